The molecule has 0 aliphatic rings. The van der Waals surface area contributed by atoms with Gasteiger partial charge in [-0.05, 0) is 25.1 Å². The van der Waals surface area contributed by atoms with Gasteiger partial charge in [-0.15, -0.1) is 0 Å². The van der Waals surface area contributed by atoms with E-state index in [-0.39, 0.29) is 6.10 Å². The molecule has 0 aromatic carbocycles. The molecule has 0 aromatic rings. The second-order valence-electron chi connectivity index (χ2n) is 3.35. The standard InChI is InChI=1S/C10H20O2Si/c1-5-13(6-2,7-3)12-10(4)8-9-11/h8,10H,5-7H2,1-4H3. The average molecular weight is 200 g/mol. The first-order valence-electron chi connectivity index (χ1n) is 5.03. The quantitative estimate of drug-likeness (QED) is 0.487. The topological polar surface area (TPSA) is 26.3 Å². The van der Waals surface area contributed by atoms with Crippen LogP contribution < -0.4 is 0 Å². The van der Waals surface area contributed by atoms with Crippen molar-refractivity contribution in [3.63, 3.8) is 0 Å². The van der Waals surface area contributed by atoms with Gasteiger partial charge in [0.25, 0.3) is 0 Å². The number of hydrogen-bond donors (Lipinski definition) is 0. The van der Waals surface area contributed by atoms with E-state index in [2.05, 4.69) is 20.8 Å². The number of hydrogen-bond acceptors (Lipinski definition) is 2. The highest BCUT2D eigenvalue weighted by atomic mass is 28.4. The van der Waals surface area contributed by atoms with E-state index in [0.29, 0.717) is 0 Å². The zero-order valence-electron chi connectivity index (χ0n) is 9.09. The molecule has 0 rings (SSSR count). The van der Waals surface area contributed by atoms with Crippen molar-refractivity contribution in [1.29, 1.82) is 0 Å². The van der Waals surface area contributed by atoms with Gasteiger partial charge in [-0.25, -0.2) is 4.79 Å². The fourth-order valence-corrected chi connectivity index (χ4v) is 4.38. The number of rotatable bonds is 6. The normalized spacial score (nSPS) is 13.5. The third-order valence-electron chi connectivity index (χ3n) is 2.67. The Morgan fingerprint density at radius 3 is 2.08 bits per heavy atom. The van der Waals surface area contributed by atoms with Crippen LogP contribution in [0, 0.1) is 0 Å². The van der Waals surface area contributed by atoms with Crippen LogP contribution in [0.1, 0.15) is 27.7 Å². The van der Waals surface area contributed by atoms with Crippen molar-refractivity contribution in [3.05, 3.63) is 6.08 Å². The third kappa shape index (κ3) is 3.90. The summed E-state index contributed by atoms with van der Waals surface area (Å²) in [7, 11) is -1.53. The first-order valence-corrected chi connectivity index (χ1v) is 7.55. The lowest BCUT2D eigenvalue weighted by Gasteiger charge is -2.30. The van der Waals surface area contributed by atoms with Gasteiger partial charge in [0.2, 0.25) is 0 Å². The number of carbonyl (C=O) groups excluding carboxylic acids is 1. The minimum Gasteiger partial charge on any atom is -0.410 e. The molecule has 0 aromatic heterocycles. The smallest absolute Gasteiger partial charge is 0.192 e. The van der Waals surface area contributed by atoms with Crippen LogP contribution in [-0.2, 0) is 9.22 Å². The Labute approximate surface area is 82.1 Å². The zero-order valence-corrected chi connectivity index (χ0v) is 10.1. The van der Waals surface area contributed by atoms with E-state index < -0.39 is 8.32 Å². The lowest BCUT2D eigenvalue weighted by atomic mass is 10.4. The maximum Gasteiger partial charge on any atom is 0.192 e. The van der Waals surface area contributed by atoms with Crippen LogP contribution in [0.4, 0.5) is 0 Å². The summed E-state index contributed by atoms with van der Waals surface area (Å²) in [6, 6.07) is 3.37. The average Bonchev–Trinajstić information content (AvgIpc) is 2.15. The Balaban J connectivity index is 4.31. The maximum atomic E-state index is 10.1. The van der Waals surface area contributed by atoms with Crippen LogP contribution in [0.15, 0.2) is 6.08 Å². The predicted octanol–water partition coefficient (Wildman–Crippen LogP) is 2.78. The molecule has 3 heteroatoms. The van der Waals surface area contributed by atoms with E-state index in [0.717, 1.165) is 18.1 Å². The van der Waals surface area contributed by atoms with Gasteiger partial charge in [-0.1, -0.05) is 20.8 Å². The summed E-state index contributed by atoms with van der Waals surface area (Å²) in [5.41, 5.74) is 0. The molecule has 1 atom stereocenters. The van der Waals surface area contributed by atoms with Crippen molar-refractivity contribution in [2.75, 3.05) is 0 Å². The summed E-state index contributed by atoms with van der Waals surface area (Å²) in [6.45, 7) is 8.44. The van der Waals surface area contributed by atoms with Crippen LogP contribution in [0.5, 0.6) is 0 Å². The van der Waals surface area contributed by atoms with E-state index in [1.165, 1.54) is 6.08 Å². The molecule has 0 spiro atoms. The van der Waals surface area contributed by atoms with Gasteiger partial charge in [0.05, 0.1) is 6.10 Å². The summed E-state index contributed by atoms with van der Waals surface area (Å²) in [5, 5.41) is 0. The molecule has 0 bridgehead atoms. The summed E-state index contributed by atoms with van der Waals surface area (Å²) in [5.74, 6) is 1.78. The lowest BCUT2D eigenvalue weighted by Crippen LogP contribution is -2.38. The van der Waals surface area contributed by atoms with E-state index in [1.807, 2.05) is 6.92 Å². The Morgan fingerprint density at radius 2 is 1.77 bits per heavy atom. The molecule has 0 aliphatic heterocycles. The molecule has 0 radical (unpaired) electrons. The van der Waals surface area contributed by atoms with Gasteiger partial charge < -0.3 is 4.43 Å². The Kier molecular flexibility index (Phi) is 5.96. The first-order chi connectivity index (χ1) is 6.14. The van der Waals surface area contributed by atoms with Gasteiger partial charge in [0.1, 0.15) is 5.94 Å². The van der Waals surface area contributed by atoms with Crippen LogP contribution in [0.3, 0.4) is 0 Å². The van der Waals surface area contributed by atoms with Gasteiger partial charge in [-0.2, -0.15) is 0 Å². The molecule has 0 N–H and O–H groups in total. The Bertz CT molecular complexity index is 173. The SMILES string of the molecule is CC[Si](CC)(CC)OC(C)C=C=O. The fraction of sp³-hybridized carbons (Fsp3) is 0.800. The zero-order chi connectivity index (χ0) is 10.3. The Hall–Kier alpha value is -0.373. The van der Waals surface area contributed by atoms with Crippen molar-refractivity contribution in [2.45, 2.75) is 51.9 Å². The molecule has 0 fully saturated rings. The van der Waals surface area contributed by atoms with Crippen LogP contribution in [-0.4, -0.2) is 20.4 Å². The minimum absolute atomic E-state index is 0.0657. The molecular weight excluding hydrogens is 180 g/mol. The van der Waals surface area contributed by atoms with Crippen LogP contribution >= 0.6 is 0 Å². The van der Waals surface area contributed by atoms with Crippen molar-refractivity contribution >= 4 is 14.3 Å². The molecule has 1 unspecified atom stereocenters. The second kappa shape index (κ2) is 6.14. The van der Waals surface area contributed by atoms with E-state index in [9.17, 15) is 4.79 Å². The molecule has 13 heavy (non-hydrogen) atoms. The van der Waals surface area contributed by atoms with E-state index in [4.69, 9.17) is 4.43 Å². The van der Waals surface area contributed by atoms with E-state index in [1.54, 1.807) is 5.94 Å². The minimum atomic E-state index is -1.53. The van der Waals surface area contributed by atoms with Crippen LogP contribution in [0.25, 0.3) is 0 Å². The van der Waals surface area contributed by atoms with Crippen molar-refractivity contribution < 1.29 is 9.22 Å². The van der Waals surface area contributed by atoms with Gasteiger partial charge in [-0.3, -0.25) is 0 Å². The summed E-state index contributed by atoms with van der Waals surface area (Å²) in [4.78, 5) is 10.1. The largest absolute Gasteiger partial charge is 0.410 e. The molecule has 76 valence electrons. The molecule has 0 aliphatic carbocycles. The van der Waals surface area contributed by atoms with Crippen molar-refractivity contribution in [3.8, 4) is 0 Å². The van der Waals surface area contributed by atoms with Gasteiger partial charge >= 0.3 is 0 Å². The highest BCUT2D eigenvalue weighted by Crippen LogP contribution is 2.23. The second-order valence-corrected chi connectivity index (χ2v) is 8.07. The Morgan fingerprint density at radius 1 is 1.31 bits per heavy atom. The molecule has 2 nitrogen and oxygen atoms in total. The summed E-state index contributed by atoms with van der Waals surface area (Å²) in [6.07, 6.45) is 1.40. The fourth-order valence-electron chi connectivity index (χ4n) is 1.52. The predicted molar refractivity (Wildman–Crippen MR) is 58.0 cm³/mol. The third-order valence-corrected chi connectivity index (χ3v) is 7.41. The molecular formula is C10H20O2Si. The highest BCUT2D eigenvalue weighted by molar-refractivity contribution is 6.73. The molecule has 0 amide bonds. The summed E-state index contributed by atoms with van der Waals surface area (Å²) >= 11 is 0. The highest BCUT2D eigenvalue weighted by Gasteiger charge is 2.29. The van der Waals surface area contributed by atoms with Crippen molar-refractivity contribution in [2.24, 2.45) is 0 Å². The first kappa shape index (κ1) is 12.6. The van der Waals surface area contributed by atoms with Crippen molar-refractivity contribution in [1.82, 2.24) is 0 Å². The van der Waals surface area contributed by atoms with Crippen LogP contribution in [0.2, 0.25) is 18.1 Å². The molecule has 0 saturated carbocycles. The molecule has 0 saturated heterocycles. The maximum absolute atomic E-state index is 10.1. The van der Waals surface area contributed by atoms with Gasteiger partial charge in [0.15, 0.2) is 8.32 Å². The summed E-state index contributed by atoms with van der Waals surface area (Å²) < 4.78 is 5.95. The molecule has 0 heterocycles. The van der Waals surface area contributed by atoms with Gasteiger partial charge in [0, 0.05) is 6.08 Å². The monoisotopic (exact) mass is 200 g/mol. The lowest BCUT2D eigenvalue weighted by molar-refractivity contribution is 0.253. The van der Waals surface area contributed by atoms with E-state index >= 15 is 0 Å².